The zero-order chi connectivity index (χ0) is 18.7. The van der Waals surface area contributed by atoms with Gasteiger partial charge in [-0.05, 0) is 55.8 Å². The van der Waals surface area contributed by atoms with Crippen molar-refractivity contribution in [3.63, 3.8) is 0 Å². The lowest BCUT2D eigenvalue weighted by Gasteiger charge is -2.08. The first kappa shape index (κ1) is 18.1. The van der Waals surface area contributed by atoms with E-state index in [0.29, 0.717) is 11.6 Å². The van der Waals surface area contributed by atoms with Gasteiger partial charge in [0.2, 0.25) is 10.0 Å². The number of nitrogens with zero attached hydrogens (tertiary/aromatic N) is 3. The number of hydrogen-bond acceptors (Lipinski definition) is 5. The van der Waals surface area contributed by atoms with E-state index < -0.39 is 10.0 Å². The molecule has 0 aliphatic carbocycles. The molecule has 0 bridgehead atoms. The summed E-state index contributed by atoms with van der Waals surface area (Å²) in [5, 5.41) is 4.38. The highest BCUT2D eigenvalue weighted by molar-refractivity contribution is 7.89. The largest absolute Gasteiger partial charge is 0.497 e. The van der Waals surface area contributed by atoms with Crippen LogP contribution in [0.15, 0.2) is 53.6 Å². The Morgan fingerprint density at radius 3 is 2.38 bits per heavy atom. The topological polar surface area (TPSA) is 86.1 Å². The second-order valence-corrected chi connectivity index (χ2v) is 7.63. The van der Waals surface area contributed by atoms with Gasteiger partial charge >= 0.3 is 0 Å². The van der Waals surface area contributed by atoms with Crippen LogP contribution in [0.3, 0.4) is 0 Å². The Balaban J connectivity index is 1.70. The molecule has 0 fully saturated rings. The van der Waals surface area contributed by atoms with Crippen LogP contribution >= 0.6 is 0 Å². The van der Waals surface area contributed by atoms with Gasteiger partial charge in [0, 0.05) is 18.4 Å². The molecule has 3 rings (SSSR count). The molecular weight excluding hydrogens is 352 g/mol. The zero-order valence-corrected chi connectivity index (χ0v) is 15.6. The Morgan fingerprint density at radius 2 is 1.85 bits per heavy atom. The lowest BCUT2D eigenvalue weighted by molar-refractivity contribution is 0.414. The van der Waals surface area contributed by atoms with Crippen LogP contribution in [0, 0.1) is 13.8 Å². The summed E-state index contributed by atoms with van der Waals surface area (Å²) in [5.41, 5.74) is 2.66. The van der Waals surface area contributed by atoms with Crippen molar-refractivity contribution in [1.29, 1.82) is 0 Å². The van der Waals surface area contributed by atoms with Crippen molar-refractivity contribution < 1.29 is 13.2 Å². The quantitative estimate of drug-likeness (QED) is 0.718. The molecule has 0 aliphatic rings. The molecule has 0 amide bonds. The Bertz CT molecular complexity index is 994. The number of aryl methyl sites for hydroxylation is 2. The van der Waals surface area contributed by atoms with Crippen molar-refractivity contribution in [3.05, 3.63) is 65.6 Å². The lowest BCUT2D eigenvalue weighted by Crippen LogP contribution is -2.23. The van der Waals surface area contributed by atoms with Gasteiger partial charge in [-0.3, -0.25) is 0 Å². The van der Waals surface area contributed by atoms with Crippen molar-refractivity contribution >= 4 is 10.0 Å². The van der Waals surface area contributed by atoms with Gasteiger partial charge in [0.1, 0.15) is 5.75 Å². The molecular formula is C18H20N4O3S. The fourth-order valence-corrected chi connectivity index (χ4v) is 3.54. The molecule has 1 aromatic carbocycles. The summed E-state index contributed by atoms with van der Waals surface area (Å²) in [6.07, 6.45) is 1.64. The van der Waals surface area contributed by atoms with Gasteiger partial charge in [-0.25, -0.2) is 22.8 Å². The van der Waals surface area contributed by atoms with Gasteiger partial charge in [-0.2, -0.15) is 5.10 Å². The fraction of sp³-hybridized carbons (Fsp3) is 0.222. The molecule has 26 heavy (non-hydrogen) atoms. The first-order valence-electron chi connectivity index (χ1n) is 8.01. The number of ether oxygens (including phenoxy) is 1. The normalized spacial score (nSPS) is 11.5. The molecule has 0 saturated carbocycles. The molecule has 7 nitrogen and oxygen atoms in total. The Morgan fingerprint density at radius 1 is 1.12 bits per heavy atom. The predicted octanol–water partition coefficient (Wildman–Crippen LogP) is 2.37. The number of pyridine rings is 1. The summed E-state index contributed by atoms with van der Waals surface area (Å²) < 4.78 is 34.1. The first-order chi connectivity index (χ1) is 12.4. The molecule has 0 unspecified atom stereocenters. The lowest BCUT2D eigenvalue weighted by atomic mass is 10.3. The molecule has 0 saturated heterocycles. The smallest absolute Gasteiger partial charge is 0.240 e. The number of benzene rings is 1. The molecule has 0 atom stereocenters. The monoisotopic (exact) mass is 372 g/mol. The van der Waals surface area contributed by atoms with Crippen LogP contribution < -0.4 is 9.46 Å². The number of sulfonamides is 1. The van der Waals surface area contributed by atoms with E-state index in [4.69, 9.17) is 4.74 Å². The summed E-state index contributed by atoms with van der Waals surface area (Å²) in [6.45, 7) is 4.03. The van der Waals surface area contributed by atoms with Crippen molar-refractivity contribution in [3.8, 4) is 11.6 Å². The molecule has 3 aromatic rings. The molecule has 0 aliphatic heterocycles. The highest BCUT2D eigenvalue weighted by Gasteiger charge is 2.14. The van der Waals surface area contributed by atoms with Gasteiger partial charge in [-0.1, -0.05) is 6.07 Å². The molecule has 8 heteroatoms. The Hall–Kier alpha value is -2.71. The first-order valence-corrected chi connectivity index (χ1v) is 9.49. The maximum Gasteiger partial charge on any atom is 0.240 e. The number of rotatable bonds is 6. The van der Waals surface area contributed by atoms with E-state index in [0.717, 1.165) is 17.0 Å². The summed E-state index contributed by atoms with van der Waals surface area (Å²) in [7, 11) is -2.07. The third-order valence-electron chi connectivity index (χ3n) is 3.87. The highest BCUT2D eigenvalue weighted by atomic mass is 32.2. The summed E-state index contributed by atoms with van der Waals surface area (Å²) in [6, 6.07) is 11.8. The maximum absolute atomic E-state index is 12.4. The van der Waals surface area contributed by atoms with E-state index in [1.54, 1.807) is 23.0 Å². The molecule has 0 spiro atoms. The second kappa shape index (κ2) is 7.27. The molecule has 1 N–H and O–H groups in total. The van der Waals surface area contributed by atoms with E-state index in [9.17, 15) is 8.42 Å². The van der Waals surface area contributed by atoms with Gasteiger partial charge in [0.25, 0.3) is 0 Å². The maximum atomic E-state index is 12.4. The third kappa shape index (κ3) is 3.92. The number of hydrogen-bond donors (Lipinski definition) is 1. The summed E-state index contributed by atoms with van der Waals surface area (Å²) >= 11 is 0. The average molecular weight is 372 g/mol. The molecule has 136 valence electrons. The van der Waals surface area contributed by atoms with Gasteiger partial charge < -0.3 is 4.74 Å². The summed E-state index contributed by atoms with van der Waals surface area (Å²) in [4.78, 5) is 4.55. The zero-order valence-electron chi connectivity index (χ0n) is 14.8. The van der Waals surface area contributed by atoms with E-state index >= 15 is 0 Å². The van der Waals surface area contributed by atoms with Crippen LogP contribution in [-0.2, 0) is 16.6 Å². The molecule has 2 heterocycles. The van der Waals surface area contributed by atoms with Crippen LogP contribution in [-0.4, -0.2) is 30.3 Å². The van der Waals surface area contributed by atoms with Crippen molar-refractivity contribution in [2.75, 3.05) is 7.11 Å². The minimum Gasteiger partial charge on any atom is -0.497 e. The highest BCUT2D eigenvalue weighted by Crippen LogP contribution is 2.16. The number of methoxy groups -OCH3 is 1. The average Bonchev–Trinajstić information content (AvgIpc) is 2.99. The van der Waals surface area contributed by atoms with Crippen LogP contribution in [0.1, 0.15) is 17.0 Å². The second-order valence-electron chi connectivity index (χ2n) is 5.86. The van der Waals surface area contributed by atoms with Crippen molar-refractivity contribution in [2.24, 2.45) is 0 Å². The third-order valence-corrected chi connectivity index (χ3v) is 5.29. The van der Waals surface area contributed by atoms with Crippen LogP contribution in [0.5, 0.6) is 5.75 Å². The van der Waals surface area contributed by atoms with Gasteiger partial charge in [0.15, 0.2) is 5.82 Å². The van der Waals surface area contributed by atoms with E-state index in [1.807, 2.05) is 32.0 Å². The van der Waals surface area contributed by atoms with E-state index in [2.05, 4.69) is 14.8 Å². The van der Waals surface area contributed by atoms with Crippen molar-refractivity contribution in [1.82, 2.24) is 19.5 Å². The standard InChI is InChI=1S/C18H20N4O3S/c1-13-10-14(2)22(21-13)18-9-4-15(11-19-18)12-20-26(23,24)17-7-5-16(25-3)6-8-17/h4-11,20H,12H2,1-3H3. The number of aromatic nitrogens is 3. The van der Waals surface area contributed by atoms with E-state index in [1.165, 1.54) is 19.2 Å². The number of nitrogens with one attached hydrogen (secondary N) is 1. The Kier molecular flexibility index (Phi) is 5.06. The van der Waals surface area contributed by atoms with Crippen LogP contribution in [0.4, 0.5) is 0 Å². The minimum absolute atomic E-state index is 0.152. The van der Waals surface area contributed by atoms with E-state index in [-0.39, 0.29) is 11.4 Å². The van der Waals surface area contributed by atoms with Gasteiger partial charge in [-0.15, -0.1) is 0 Å². The Labute approximate surface area is 152 Å². The summed E-state index contributed by atoms with van der Waals surface area (Å²) in [5.74, 6) is 1.30. The van der Waals surface area contributed by atoms with Crippen LogP contribution in [0.25, 0.3) is 5.82 Å². The molecule has 0 radical (unpaired) electrons. The predicted molar refractivity (Wildman–Crippen MR) is 97.9 cm³/mol. The minimum atomic E-state index is -3.60. The van der Waals surface area contributed by atoms with Crippen molar-refractivity contribution in [2.45, 2.75) is 25.3 Å². The van der Waals surface area contributed by atoms with Gasteiger partial charge in [0.05, 0.1) is 17.7 Å². The van der Waals surface area contributed by atoms with Crippen LogP contribution in [0.2, 0.25) is 0 Å². The molecule has 2 aromatic heterocycles. The SMILES string of the molecule is COc1ccc(S(=O)(=O)NCc2ccc(-n3nc(C)cc3C)nc2)cc1. The fourth-order valence-electron chi connectivity index (χ4n) is 2.52.